The highest BCUT2D eigenvalue weighted by atomic mass is 127. The molecule has 0 heterocycles. The van der Waals surface area contributed by atoms with E-state index in [-0.39, 0.29) is 5.69 Å². The monoisotopic (exact) mass is 344 g/mol. The Balaban J connectivity index is 2.76. The Kier molecular flexibility index (Phi) is 5.44. The molecule has 0 amide bonds. The van der Waals surface area contributed by atoms with Crippen LogP contribution in [-0.2, 0) is 11.3 Å². The maximum absolute atomic E-state index is 10.7. The Hall–Kier alpha value is -0.913. The largest absolute Gasteiger partial charge is 0.364 e. The van der Waals surface area contributed by atoms with Crippen LogP contribution in [0, 0.1) is 25.1 Å². The fourth-order valence-electron chi connectivity index (χ4n) is 1.07. The van der Waals surface area contributed by atoms with Crippen LogP contribution in [0.2, 0.25) is 0 Å². The van der Waals surface area contributed by atoms with Crippen LogP contribution in [0.1, 0.15) is 5.56 Å². The maximum atomic E-state index is 10.7. The summed E-state index contributed by atoms with van der Waals surface area (Å²) in [6.07, 6.45) is 0. The van der Waals surface area contributed by atoms with E-state index in [9.17, 15) is 10.1 Å². The van der Waals surface area contributed by atoms with Crippen molar-refractivity contribution in [3.63, 3.8) is 0 Å². The van der Waals surface area contributed by atoms with Crippen LogP contribution < -0.4 is 0 Å². The number of nitro groups is 1. The molecule has 6 heteroatoms. The van der Waals surface area contributed by atoms with Crippen molar-refractivity contribution < 1.29 is 9.66 Å². The van der Waals surface area contributed by atoms with Crippen molar-refractivity contribution >= 4 is 38.5 Å². The summed E-state index contributed by atoms with van der Waals surface area (Å²) in [6, 6.07) is 4.92. The van der Waals surface area contributed by atoms with Gasteiger partial charge in [0.2, 0.25) is 0 Å². The molecule has 0 bridgehead atoms. The van der Waals surface area contributed by atoms with Crippen LogP contribution in [0.15, 0.2) is 18.2 Å². The molecule has 0 spiro atoms. The summed E-state index contributed by atoms with van der Waals surface area (Å²) in [7, 11) is 2.99. The summed E-state index contributed by atoms with van der Waals surface area (Å²) in [5, 5.41) is 10.7. The molecule has 0 aliphatic carbocycles. The van der Waals surface area contributed by atoms with Crippen molar-refractivity contribution in [2.75, 3.05) is 6.61 Å². The van der Waals surface area contributed by atoms with Gasteiger partial charge in [0, 0.05) is 6.07 Å². The van der Waals surface area contributed by atoms with Crippen LogP contribution in [0.4, 0.5) is 5.69 Å². The zero-order valence-corrected chi connectivity index (χ0v) is 11.4. The lowest BCUT2D eigenvalue weighted by Crippen LogP contribution is -1.99. The van der Waals surface area contributed by atoms with Gasteiger partial charge in [-0.3, -0.25) is 10.1 Å². The third-order valence-corrected chi connectivity index (χ3v) is 3.20. The Morgan fingerprint density at radius 1 is 1.56 bits per heavy atom. The molecule has 81 valence electrons. The molecule has 1 aromatic rings. The summed E-state index contributed by atoms with van der Waals surface area (Å²) < 4.78 is 5.85. The van der Waals surface area contributed by atoms with Gasteiger partial charge in [-0.25, -0.2) is 0 Å². The Morgan fingerprint density at radius 3 is 2.94 bits per heavy atom. The number of rotatable bonds is 4. The number of halogens is 1. The highest BCUT2D eigenvalue weighted by Gasteiger charge is 2.14. The van der Waals surface area contributed by atoms with Crippen LogP contribution >= 0.6 is 22.6 Å². The average molecular weight is 344 g/mol. The fourth-order valence-corrected chi connectivity index (χ4v) is 1.85. The molecule has 16 heavy (non-hydrogen) atoms. The van der Waals surface area contributed by atoms with E-state index in [1.54, 1.807) is 12.1 Å². The minimum atomic E-state index is -0.400. The van der Waals surface area contributed by atoms with Gasteiger partial charge in [0.25, 0.3) is 5.69 Å². The Bertz CT molecular complexity index is 453. The highest BCUT2D eigenvalue weighted by molar-refractivity contribution is 14.1. The van der Waals surface area contributed by atoms with Crippen LogP contribution in [0.25, 0.3) is 0 Å². The number of hydrogen-bond acceptors (Lipinski definition) is 3. The van der Waals surface area contributed by atoms with Gasteiger partial charge >= 0.3 is 0 Å². The molecule has 0 aliphatic rings. The van der Waals surface area contributed by atoms with Crippen molar-refractivity contribution in [2.24, 2.45) is 0 Å². The third-order valence-electron chi connectivity index (χ3n) is 1.78. The molecule has 1 rings (SSSR count). The number of hydrogen-bond donors (Lipinski definition) is 0. The number of nitro benzene ring substituents is 1. The average Bonchev–Trinajstić information content (AvgIpc) is 2.26. The summed E-state index contributed by atoms with van der Waals surface area (Å²) >= 11 is 1.95. The van der Waals surface area contributed by atoms with Crippen molar-refractivity contribution in [2.45, 2.75) is 6.61 Å². The predicted octanol–water partition coefficient (Wildman–Crippen LogP) is 1.85. The highest BCUT2D eigenvalue weighted by Crippen LogP contribution is 2.24. The predicted molar refractivity (Wildman–Crippen MR) is 69.0 cm³/mol. The molecular weight excluding hydrogens is 337 g/mol. The van der Waals surface area contributed by atoms with E-state index in [0.717, 1.165) is 5.56 Å². The van der Waals surface area contributed by atoms with E-state index < -0.39 is 4.92 Å². The fraction of sp³-hybridized carbons (Fsp3) is 0.200. The number of benzene rings is 1. The Morgan fingerprint density at radius 2 is 2.31 bits per heavy atom. The van der Waals surface area contributed by atoms with E-state index in [4.69, 9.17) is 4.74 Å². The van der Waals surface area contributed by atoms with Gasteiger partial charge in [-0.2, -0.15) is 0 Å². The van der Waals surface area contributed by atoms with Crippen molar-refractivity contribution in [3.8, 4) is 11.5 Å². The van der Waals surface area contributed by atoms with Crippen molar-refractivity contribution in [3.05, 3.63) is 37.4 Å². The lowest BCUT2D eigenvalue weighted by molar-refractivity contribution is -0.385. The van der Waals surface area contributed by atoms with Crippen molar-refractivity contribution in [1.29, 1.82) is 0 Å². The number of nitrogens with zero attached hydrogens (tertiary/aromatic N) is 1. The van der Waals surface area contributed by atoms with Crippen LogP contribution in [0.5, 0.6) is 0 Å². The molecule has 0 saturated carbocycles. The smallest absolute Gasteiger partial charge is 0.283 e. The zero-order valence-electron chi connectivity index (χ0n) is 8.20. The molecule has 0 fully saturated rings. The van der Waals surface area contributed by atoms with E-state index in [0.29, 0.717) is 16.8 Å². The summed E-state index contributed by atoms with van der Waals surface area (Å²) in [6.45, 7) is 0.614. The number of ether oxygens (including phenoxy) is 1. The lowest BCUT2D eigenvalue weighted by Gasteiger charge is -2.04. The molecule has 0 aromatic heterocycles. The van der Waals surface area contributed by atoms with Gasteiger partial charge in [0.1, 0.15) is 16.8 Å². The van der Waals surface area contributed by atoms with Crippen LogP contribution in [-0.4, -0.2) is 21.8 Å². The first kappa shape index (κ1) is 13.2. The maximum Gasteiger partial charge on any atom is 0.283 e. The SMILES string of the molecule is O=[N+]([O-])c1cccc(COCC#C[Si])c1I. The molecular formula is C10H7INO3Si. The second-order valence-corrected chi connectivity index (χ2v) is 4.13. The topological polar surface area (TPSA) is 52.4 Å². The molecule has 3 radical (unpaired) electrons. The lowest BCUT2D eigenvalue weighted by atomic mass is 10.2. The molecule has 0 aliphatic heterocycles. The molecule has 0 unspecified atom stereocenters. The molecule has 0 saturated heterocycles. The standard InChI is InChI=1S/C10H7INO3Si/c11-10-8(7-15-5-2-6-16)3-1-4-9(10)12(13)14/h1,3-4H,5,7H2. The second kappa shape index (κ2) is 6.62. The van der Waals surface area contributed by atoms with E-state index in [1.165, 1.54) is 6.07 Å². The first-order chi connectivity index (χ1) is 7.66. The van der Waals surface area contributed by atoms with E-state index in [1.807, 2.05) is 22.6 Å². The molecule has 0 N–H and O–H groups in total. The van der Waals surface area contributed by atoms with Gasteiger partial charge in [0.05, 0.1) is 15.1 Å². The molecule has 1 aromatic carbocycles. The quantitative estimate of drug-likeness (QED) is 0.209. The Labute approximate surface area is 110 Å². The second-order valence-electron chi connectivity index (χ2n) is 2.80. The van der Waals surface area contributed by atoms with Crippen molar-refractivity contribution in [1.82, 2.24) is 0 Å². The van der Waals surface area contributed by atoms with E-state index >= 15 is 0 Å². The van der Waals surface area contributed by atoms with Gasteiger partial charge < -0.3 is 4.74 Å². The van der Waals surface area contributed by atoms with Gasteiger partial charge in [-0.1, -0.05) is 18.1 Å². The first-order valence-corrected chi connectivity index (χ1v) is 5.88. The molecule has 4 nitrogen and oxygen atoms in total. The molecule has 0 atom stereocenters. The van der Waals surface area contributed by atoms with Gasteiger partial charge in [-0.15, -0.1) is 5.54 Å². The summed E-state index contributed by atoms with van der Waals surface area (Å²) in [5.74, 6) is 2.68. The first-order valence-electron chi connectivity index (χ1n) is 4.31. The van der Waals surface area contributed by atoms with E-state index in [2.05, 4.69) is 21.7 Å². The summed E-state index contributed by atoms with van der Waals surface area (Å²) in [4.78, 5) is 10.3. The third kappa shape index (κ3) is 3.59. The van der Waals surface area contributed by atoms with Crippen LogP contribution in [0.3, 0.4) is 0 Å². The van der Waals surface area contributed by atoms with Gasteiger partial charge in [0.15, 0.2) is 0 Å². The normalized spacial score (nSPS) is 9.38. The minimum absolute atomic E-state index is 0.105. The zero-order chi connectivity index (χ0) is 12.0. The minimum Gasteiger partial charge on any atom is -0.364 e. The summed E-state index contributed by atoms with van der Waals surface area (Å²) in [5.41, 5.74) is 3.42. The van der Waals surface area contributed by atoms with Gasteiger partial charge in [-0.05, 0) is 28.2 Å².